The van der Waals surface area contributed by atoms with Crippen molar-refractivity contribution in [1.29, 1.82) is 0 Å². The molecule has 0 saturated carbocycles. The van der Waals surface area contributed by atoms with Crippen LogP contribution >= 0.6 is 11.3 Å². The van der Waals surface area contributed by atoms with E-state index < -0.39 is 0 Å². The monoisotopic (exact) mass is 668 g/mol. The van der Waals surface area contributed by atoms with E-state index in [-0.39, 0.29) is 0 Å². The molecule has 0 aliphatic heterocycles. The molecule has 3 heteroatoms. The maximum absolute atomic E-state index is 2.40. The second-order valence-electron chi connectivity index (χ2n) is 13.0. The quantitative estimate of drug-likeness (QED) is 0.171. The first-order valence-corrected chi connectivity index (χ1v) is 18.2. The van der Waals surface area contributed by atoms with Gasteiger partial charge in [0, 0.05) is 53.7 Å². The van der Waals surface area contributed by atoms with E-state index in [0.717, 1.165) is 17.1 Å². The fourth-order valence-electron chi connectivity index (χ4n) is 7.65. The Hall–Kier alpha value is -6.42. The molecule has 0 aliphatic carbocycles. The van der Waals surface area contributed by atoms with E-state index in [1.807, 2.05) is 11.3 Å². The molecule has 10 aromatic rings. The molecular weight excluding hydrogens is 637 g/mol. The van der Waals surface area contributed by atoms with E-state index in [4.69, 9.17) is 0 Å². The van der Waals surface area contributed by atoms with Crippen LogP contribution in [0.25, 0.3) is 69.9 Å². The second kappa shape index (κ2) is 12.2. The molecule has 0 fully saturated rings. The van der Waals surface area contributed by atoms with Crippen LogP contribution < -0.4 is 4.90 Å². The molecule has 0 radical (unpaired) electrons. The number of anilines is 3. The molecule has 0 N–H and O–H groups in total. The normalized spacial score (nSPS) is 11.5. The predicted octanol–water partition coefficient (Wildman–Crippen LogP) is 14.0. The van der Waals surface area contributed by atoms with Gasteiger partial charge in [-0.2, -0.15) is 0 Å². The number of aromatic nitrogens is 1. The molecule has 51 heavy (non-hydrogen) atoms. The van der Waals surface area contributed by atoms with Crippen LogP contribution in [0.1, 0.15) is 0 Å². The van der Waals surface area contributed by atoms with E-state index in [0.29, 0.717) is 0 Å². The molecule has 0 aliphatic rings. The molecule has 2 nitrogen and oxygen atoms in total. The van der Waals surface area contributed by atoms with Gasteiger partial charge in [0.05, 0.1) is 11.0 Å². The lowest BCUT2D eigenvalue weighted by Gasteiger charge is -2.27. The second-order valence-corrected chi connectivity index (χ2v) is 14.0. The zero-order valence-electron chi connectivity index (χ0n) is 27.8. The topological polar surface area (TPSA) is 8.17 Å². The number of rotatable bonds is 6. The van der Waals surface area contributed by atoms with Gasteiger partial charge in [-0.25, -0.2) is 0 Å². The summed E-state index contributed by atoms with van der Waals surface area (Å²) in [4.78, 5) is 2.39. The number of nitrogens with zero attached hydrogens (tertiary/aromatic N) is 2. The van der Waals surface area contributed by atoms with Crippen molar-refractivity contribution in [3.63, 3.8) is 0 Å². The summed E-state index contributed by atoms with van der Waals surface area (Å²) < 4.78 is 4.97. The van der Waals surface area contributed by atoms with Crippen molar-refractivity contribution < 1.29 is 0 Å². The van der Waals surface area contributed by atoms with Crippen LogP contribution in [0.5, 0.6) is 0 Å². The van der Waals surface area contributed by atoms with Gasteiger partial charge < -0.3 is 9.47 Å². The number of hydrogen-bond acceptors (Lipinski definition) is 2. The van der Waals surface area contributed by atoms with Crippen LogP contribution in [-0.4, -0.2) is 4.57 Å². The van der Waals surface area contributed by atoms with Gasteiger partial charge in [-0.05, 0) is 89.0 Å². The Labute approximate surface area is 300 Å². The summed E-state index contributed by atoms with van der Waals surface area (Å²) in [6.07, 6.45) is 0. The lowest BCUT2D eigenvalue weighted by atomic mass is 9.93. The van der Waals surface area contributed by atoms with Gasteiger partial charge in [0.15, 0.2) is 0 Å². The number of thiophene rings is 1. The van der Waals surface area contributed by atoms with E-state index in [1.54, 1.807) is 0 Å². The lowest BCUT2D eigenvalue weighted by Crippen LogP contribution is -2.10. The average molecular weight is 669 g/mol. The van der Waals surface area contributed by atoms with Gasteiger partial charge in [-0.3, -0.25) is 0 Å². The lowest BCUT2D eigenvalue weighted by molar-refractivity contribution is 1.19. The van der Waals surface area contributed by atoms with Crippen LogP contribution in [0.3, 0.4) is 0 Å². The maximum atomic E-state index is 2.40. The van der Waals surface area contributed by atoms with Crippen LogP contribution in [-0.2, 0) is 0 Å². The third-order valence-electron chi connectivity index (χ3n) is 9.98. The molecule has 2 aromatic heterocycles. The van der Waals surface area contributed by atoms with Gasteiger partial charge in [-0.15, -0.1) is 11.3 Å². The highest BCUT2D eigenvalue weighted by Crippen LogP contribution is 2.44. The van der Waals surface area contributed by atoms with E-state index in [1.165, 1.54) is 69.9 Å². The molecule has 8 aromatic carbocycles. The van der Waals surface area contributed by atoms with Gasteiger partial charge in [0.1, 0.15) is 0 Å². The van der Waals surface area contributed by atoms with E-state index in [9.17, 15) is 0 Å². The molecule has 0 unspecified atom stereocenters. The smallest absolute Gasteiger partial charge is 0.0541 e. The fraction of sp³-hybridized carbons (Fsp3) is 0. The molecule has 0 spiro atoms. The highest BCUT2D eigenvalue weighted by Gasteiger charge is 2.18. The molecule has 0 bridgehead atoms. The van der Waals surface area contributed by atoms with Crippen LogP contribution in [0.4, 0.5) is 17.1 Å². The van der Waals surface area contributed by atoms with E-state index in [2.05, 4.69) is 204 Å². The Morgan fingerprint density at radius 1 is 0.353 bits per heavy atom. The largest absolute Gasteiger partial charge is 0.310 e. The highest BCUT2D eigenvalue weighted by atomic mass is 32.1. The zero-order chi connectivity index (χ0) is 33.7. The summed E-state index contributed by atoms with van der Waals surface area (Å²) >= 11 is 1.86. The molecule has 0 saturated heterocycles. The minimum absolute atomic E-state index is 1.12. The first-order valence-electron chi connectivity index (χ1n) is 17.4. The van der Waals surface area contributed by atoms with Crippen molar-refractivity contribution in [2.45, 2.75) is 0 Å². The Morgan fingerprint density at radius 3 is 1.61 bits per heavy atom. The molecule has 10 rings (SSSR count). The SMILES string of the molecule is c1ccc(-c2ccc(N(c3ccccc3)c3ccc4sc5cc(-n6c7ccccc7c7ccccc76)ccc5c4c3)cc2-c2ccccc2)cc1. The third-order valence-corrected chi connectivity index (χ3v) is 11.1. The van der Waals surface area contributed by atoms with Gasteiger partial charge in [0.2, 0.25) is 0 Å². The molecule has 2 heterocycles. The zero-order valence-corrected chi connectivity index (χ0v) is 28.6. The first-order chi connectivity index (χ1) is 25.3. The molecule has 0 amide bonds. The van der Waals surface area contributed by atoms with Crippen LogP contribution in [0.2, 0.25) is 0 Å². The van der Waals surface area contributed by atoms with Gasteiger partial charge in [0.25, 0.3) is 0 Å². The Balaban J connectivity index is 1.13. The predicted molar refractivity (Wildman–Crippen MR) is 219 cm³/mol. The summed E-state index contributed by atoms with van der Waals surface area (Å²) in [5.41, 5.74) is 11.8. The number of benzene rings is 8. The van der Waals surface area contributed by atoms with Crippen molar-refractivity contribution >= 4 is 70.4 Å². The molecule has 0 atom stereocenters. The van der Waals surface area contributed by atoms with Crippen molar-refractivity contribution in [2.24, 2.45) is 0 Å². The fourth-order valence-corrected chi connectivity index (χ4v) is 8.77. The average Bonchev–Trinajstić information content (AvgIpc) is 3.74. The Bertz CT molecular complexity index is 2800. The molecule has 240 valence electrons. The van der Waals surface area contributed by atoms with Crippen LogP contribution in [0, 0.1) is 0 Å². The molecular formula is C48H32N2S. The summed E-state index contributed by atoms with van der Waals surface area (Å²) in [5.74, 6) is 0. The first kappa shape index (κ1) is 29.5. The van der Waals surface area contributed by atoms with Crippen molar-refractivity contribution in [3.05, 3.63) is 194 Å². The number of para-hydroxylation sites is 3. The minimum Gasteiger partial charge on any atom is -0.310 e. The maximum Gasteiger partial charge on any atom is 0.0541 e. The standard InChI is InChI=1S/C48H32N2S/c1-4-14-33(15-5-1)39-27-24-36(30-43(39)34-16-6-2-7-17-34)49(35-18-8-3-9-19-35)37-26-29-47-44(31-37)42-28-25-38(32-48(42)51-47)50-45-22-12-10-20-40(45)41-21-11-13-23-46(41)50/h1-32H. The van der Waals surface area contributed by atoms with Crippen LogP contribution in [0.15, 0.2) is 194 Å². The highest BCUT2D eigenvalue weighted by molar-refractivity contribution is 7.25. The number of hydrogen-bond donors (Lipinski definition) is 0. The number of fused-ring (bicyclic) bond motifs is 6. The van der Waals surface area contributed by atoms with Gasteiger partial charge >= 0.3 is 0 Å². The van der Waals surface area contributed by atoms with Gasteiger partial charge in [-0.1, -0.05) is 127 Å². The minimum atomic E-state index is 1.12. The Morgan fingerprint density at radius 2 is 0.922 bits per heavy atom. The summed E-state index contributed by atoms with van der Waals surface area (Å²) in [5, 5.41) is 5.11. The Kier molecular flexibility index (Phi) is 7.04. The van der Waals surface area contributed by atoms with Crippen molar-refractivity contribution in [1.82, 2.24) is 4.57 Å². The van der Waals surface area contributed by atoms with Crippen molar-refractivity contribution in [3.8, 4) is 27.9 Å². The van der Waals surface area contributed by atoms with E-state index >= 15 is 0 Å². The summed E-state index contributed by atoms with van der Waals surface area (Å²) in [6, 6.07) is 70.3. The summed E-state index contributed by atoms with van der Waals surface area (Å²) in [7, 11) is 0. The van der Waals surface area contributed by atoms with Crippen molar-refractivity contribution in [2.75, 3.05) is 4.90 Å². The third kappa shape index (κ3) is 5.01. The summed E-state index contributed by atoms with van der Waals surface area (Å²) in [6.45, 7) is 0.